The molecule has 4 nitrogen and oxygen atoms in total. The molecule has 0 saturated heterocycles. The minimum Gasteiger partial charge on any atom is -0.394 e. The predicted molar refractivity (Wildman–Crippen MR) is 80.5 cm³/mol. The van der Waals surface area contributed by atoms with E-state index in [1.54, 1.807) is 6.08 Å². The van der Waals surface area contributed by atoms with Crippen LogP contribution in [0.15, 0.2) is 30.3 Å². The lowest BCUT2D eigenvalue weighted by Gasteiger charge is -2.05. The van der Waals surface area contributed by atoms with Crippen molar-refractivity contribution in [3.63, 3.8) is 0 Å². The molecule has 0 unspecified atom stereocenters. The van der Waals surface area contributed by atoms with Crippen molar-refractivity contribution in [3.05, 3.63) is 41.5 Å². The Kier molecular flexibility index (Phi) is 7.62. The number of rotatable bonds is 8. The lowest BCUT2D eigenvalue weighted by Crippen LogP contribution is -2.25. The van der Waals surface area contributed by atoms with Crippen LogP contribution >= 0.6 is 0 Å². The molecule has 1 amide bonds. The first-order chi connectivity index (χ1) is 9.63. The zero-order chi connectivity index (χ0) is 14.8. The molecule has 0 heterocycles. The van der Waals surface area contributed by atoms with E-state index in [1.807, 2.05) is 12.1 Å². The Hall–Kier alpha value is -1.65. The standard InChI is InChI=1S/C16H23NO3/c1-13(2)15-6-3-14(4-7-15)5-8-16(19)17-9-11-20-12-10-18/h3-8,13,18H,9-12H2,1-2H3,(H,17,19)/b8-5+. The molecule has 0 aliphatic rings. The average molecular weight is 277 g/mol. The summed E-state index contributed by atoms with van der Waals surface area (Å²) in [5, 5.41) is 11.2. The Balaban J connectivity index is 2.33. The molecule has 1 aromatic carbocycles. The molecule has 0 aliphatic heterocycles. The van der Waals surface area contributed by atoms with Crippen LogP contribution in [0.4, 0.5) is 0 Å². The second-order valence-corrected chi connectivity index (χ2v) is 4.78. The van der Waals surface area contributed by atoms with E-state index in [0.29, 0.717) is 25.7 Å². The number of carbonyl (C=O) groups excluding carboxylic acids is 1. The van der Waals surface area contributed by atoms with Crippen LogP contribution in [0.2, 0.25) is 0 Å². The largest absolute Gasteiger partial charge is 0.394 e. The maximum absolute atomic E-state index is 11.5. The van der Waals surface area contributed by atoms with Crippen LogP contribution in [0.25, 0.3) is 6.08 Å². The van der Waals surface area contributed by atoms with Gasteiger partial charge in [0.15, 0.2) is 0 Å². The van der Waals surface area contributed by atoms with E-state index in [2.05, 4.69) is 31.3 Å². The molecule has 1 rings (SSSR count). The molecule has 0 aliphatic carbocycles. The summed E-state index contributed by atoms with van der Waals surface area (Å²) in [6, 6.07) is 8.16. The highest BCUT2D eigenvalue weighted by atomic mass is 16.5. The van der Waals surface area contributed by atoms with Gasteiger partial charge in [0.05, 0.1) is 19.8 Å². The fourth-order valence-corrected chi connectivity index (χ4v) is 1.64. The minimum absolute atomic E-state index is 0.000220. The van der Waals surface area contributed by atoms with Gasteiger partial charge in [0.2, 0.25) is 5.91 Å². The van der Waals surface area contributed by atoms with Crippen LogP contribution in [0.1, 0.15) is 30.9 Å². The summed E-state index contributed by atoms with van der Waals surface area (Å²) >= 11 is 0. The van der Waals surface area contributed by atoms with Gasteiger partial charge in [0, 0.05) is 12.6 Å². The third kappa shape index (κ3) is 6.50. The Bertz CT molecular complexity index is 424. The Morgan fingerprint density at radius 2 is 2.00 bits per heavy atom. The van der Waals surface area contributed by atoms with Crippen molar-refractivity contribution in [1.82, 2.24) is 5.32 Å². The summed E-state index contributed by atoms with van der Waals surface area (Å²) in [4.78, 5) is 11.5. The smallest absolute Gasteiger partial charge is 0.244 e. The molecule has 20 heavy (non-hydrogen) atoms. The van der Waals surface area contributed by atoms with E-state index < -0.39 is 0 Å². The molecule has 4 heteroatoms. The first-order valence-electron chi connectivity index (χ1n) is 6.88. The minimum atomic E-state index is -0.148. The Labute approximate surface area is 120 Å². The normalized spacial score (nSPS) is 11.2. The molecular weight excluding hydrogens is 254 g/mol. The number of nitrogens with one attached hydrogen (secondary N) is 1. The number of aliphatic hydroxyl groups is 1. The van der Waals surface area contributed by atoms with Gasteiger partial charge in [-0.25, -0.2) is 0 Å². The summed E-state index contributed by atoms with van der Waals surface area (Å²) < 4.78 is 5.04. The summed E-state index contributed by atoms with van der Waals surface area (Å²) in [7, 11) is 0. The van der Waals surface area contributed by atoms with Crippen molar-refractivity contribution in [3.8, 4) is 0 Å². The molecule has 110 valence electrons. The third-order valence-electron chi connectivity index (χ3n) is 2.81. The first-order valence-corrected chi connectivity index (χ1v) is 6.88. The van der Waals surface area contributed by atoms with E-state index in [4.69, 9.17) is 9.84 Å². The van der Waals surface area contributed by atoms with Gasteiger partial charge >= 0.3 is 0 Å². The summed E-state index contributed by atoms with van der Waals surface area (Å²) in [6.45, 7) is 5.45. The number of amides is 1. The molecular formula is C16H23NO3. The lowest BCUT2D eigenvalue weighted by molar-refractivity contribution is -0.116. The Morgan fingerprint density at radius 3 is 2.60 bits per heavy atom. The van der Waals surface area contributed by atoms with E-state index in [9.17, 15) is 4.79 Å². The van der Waals surface area contributed by atoms with Gasteiger partial charge in [-0.1, -0.05) is 38.1 Å². The summed E-state index contributed by atoms with van der Waals surface area (Å²) in [6.07, 6.45) is 3.30. The number of benzene rings is 1. The van der Waals surface area contributed by atoms with Gasteiger partial charge in [0.1, 0.15) is 0 Å². The quantitative estimate of drug-likeness (QED) is 0.564. The lowest BCUT2D eigenvalue weighted by atomic mass is 10.0. The SMILES string of the molecule is CC(C)c1ccc(/C=C/C(=O)NCCOCCO)cc1. The van der Waals surface area contributed by atoms with Gasteiger partial charge in [-0.15, -0.1) is 0 Å². The summed E-state index contributed by atoms with van der Waals surface area (Å²) in [5.74, 6) is 0.362. The van der Waals surface area contributed by atoms with Gasteiger partial charge in [-0.2, -0.15) is 0 Å². The fraction of sp³-hybridized carbons (Fsp3) is 0.438. The van der Waals surface area contributed by atoms with E-state index in [0.717, 1.165) is 5.56 Å². The second kappa shape index (κ2) is 9.28. The number of hydrogen-bond acceptors (Lipinski definition) is 3. The average Bonchev–Trinajstić information content (AvgIpc) is 2.45. The van der Waals surface area contributed by atoms with Crippen LogP contribution in [-0.4, -0.2) is 37.4 Å². The van der Waals surface area contributed by atoms with Gasteiger partial charge in [-0.3, -0.25) is 4.79 Å². The first kappa shape index (κ1) is 16.4. The molecule has 0 fully saturated rings. The topological polar surface area (TPSA) is 58.6 Å². The molecule has 2 N–H and O–H groups in total. The maximum atomic E-state index is 11.5. The fourth-order valence-electron chi connectivity index (χ4n) is 1.64. The van der Waals surface area contributed by atoms with Gasteiger partial charge in [0.25, 0.3) is 0 Å². The van der Waals surface area contributed by atoms with Crippen LogP contribution in [0.5, 0.6) is 0 Å². The van der Waals surface area contributed by atoms with Gasteiger partial charge in [-0.05, 0) is 23.1 Å². The van der Waals surface area contributed by atoms with Crippen LogP contribution in [0, 0.1) is 0 Å². The maximum Gasteiger partial charge on any atom is 0.244 e. The van der Waals surface area contributed by atoms with Crippen molar-refractivity contribution >= 4 is 12.0 Å². The second-order valence-electron chi connectivity index (χ2n) is 4.78. The van der Waals surface area contributed by atoms with E-state index >= 15 is 0 Å². The summed E-state index contributed by atoms with van der Waals surface area (Å²) in [5.41, 5.74) is 2.29. The number of aliphatic hydroxyl groups excluding tert-OH is 1. The van der Waals surface area contributed by atoms with Gasteiger partial charge < -0.3 is 15.2 Å². The van der Waals surface area contributed by atoms with Crippen molar-refractivity contribution in [2.75, 3.05) is 26.4 Å². The highest BCUT2D eigenvalue weighted by Gasteiger charge is 1.98. The molecule has 1 aromatic rings. The number of hydrogen-bond donors (Lipinski definition) is 2. The molecule has 0 atom stereocenters. The zero-order valence-electron chi connectivity index (χ0n) is 12.1. The highest BCUT2D eigenvalue weighted by Crippen LogP contribution is 2.15. The highest BCUT2D eigenvalue weighted by molar-refractivity contribution is 5.91. The third-order valence-corrected chi connectivity index (χ3v) is 2.81. The van der Waals surface area contributed by atoms with E-state index in [1.165, 1.54) is 11.6 Å². The molecule has 0 aromatic heterocycles. The van der Waals surface area contributed by atoms with Crippen molar-refractivity contribution < 1.29 is 14.6 Å². The molecule has 0 bridgehead atoms. The molecule has 0 spiro atoms. The molecule has 0 saturated carbocycles. The zero-order valence-corrected chi connectivity index (χ0v) is 12.1. The Morgan fingerprint density at radius 1 is 1.30 bits per heavy atom. The van der Waals surface area contributed by atoms with Crippen molar-refractivity contribution in [2.24, 2.45) is 0 Å². The van der Waals surface area contributed by atoms with E-state index in [-0.39, 0.29) is 12.5 Å². The van der Waals surface area contributed by atoms with Crippen LogP contribution in [-0.2, 0) is 9.53 Å². The molecule has 0 radical (unpaired) electrons. The predicted octanol–water partition coefficient (Wildman–Crippen LogP) is 1.95. The van der Waals surface area contributed by atoms with Crippen LogP contribution in [0.3, 0.4) is 0 Å². The van der Waals surface area contributed by atoms with Crippen molar-refractivity contribution in [1.29, 1.82) is 0 Å². The number of carbonyl (C=O) groups is 1. The monoisotopic (exact) mass is 277 g/mol. The number of ether oxygens (including phenoxy) is 1. The van der Waals surface area contributed by atoms with Crippen molar-refractivity contribution in [2.45, 2.75) is 19.8 Å². The van der Waals surface area contributed by atoms with Crippen LogP contribution < -0.4 is 5.32 Å².